The minimum absolute atomic E-state index is 0.520. The predicted octanol–water partition coefficient (Wildman–Crippen LogP) is 1.15. The van der Waals surface area contributed by atoms with Gasteiger partial charge < -0.3 is 5.32 Å². The summed E-state index contributed by atoms with van der Waals surface area (Å²) in [6.45, 7) is 1.59. The second-order valence-corrected chi connectivity index (χ2v) is 3.88. The van der Waals surface area contributed by atoms with Crippen LogP contribution in [-0.4, -0.2) is 13.1 Å². The molecule has 0 heterocycles. The maximum absolute atomic E-state index is 8.29. The number of hydrogen-bond acceptors (Lipinski definition) is 2. The summed E-state index contributed by atoms with van der Waals surface area (Å²) in [7, 11) is 0. The van der Waals surface area contributed by atoms with Crippen LogP contribution in [0.2, 0.25) is 0 Å². The maximum Gasteiger partial charge on any atom is 0.0841 e. The fourth-order valence-electron chi connectivity index (χ4n) is 2.34. The van der Waals surface area contributed by atoms with Crippen molar-refractivity contribution in [1.82, 2.24) is 5.32 Å². The summed E-state index contributed by atoms with van der Waals surface area (Å²) >= 11 is 0. The lowest BCUT2D eigenvalue weighted by molar-refractivity contribution is 0.459. The normalized spacial score (nSPS) is 39.7. The van der Waals surface area contributed by atoms with Gasteiger partial charge in [-0.2, -0.15) is 5.26 Å². The molecule has 2 rings (SSSR count). The molecule has 60 valence electrons. The van der Waals surface area contributed by atoms with Crippen LogP contribution in [0, 0.1) is 29.1 Å². The Labute approximate surface area is 67.6 Å². The Hall–Kier alpha value is -0.550. The van der Waals surface area contributed by atoms with Crippen molar-refractivity contribution in [3.8, 4) is 6.07 Å². The molecule has 0 saturated heterocycles. The van der Waals surface area contributed by atoms with E-state index in [1.807, 2.05) is 0 Å². The highest BCUT2D eigenvalue weighted by molar-refractivity contribution is 4.96. The number of nitriles is 1. The van der Waals surface area contributed by atoms with Gasteiger partial charge >= 0.3 is 0 Å². The Morgan fingerprint density at radius 1 is 1.27 bits per heavy atom. The van der Waals surface area contributed by atoms with E-state index in [0.717, 1.165) is 24.3 Å². The van der Waals surface area contributed by atoms with Crippen molar-refractivity contribution >= 4 is 0 Å². The first kappa shape index (κ1) is 7.12. The molecule has 2 fully saturated rings. The molecular weight excluding hydrogens is 136 g/mol. The molecule has 2 heteroatoms. The monoisotopic (exact) mass is 150 g/mol. The summed E-state index contributed by atoms with van der Waals surface area (Å²) in [5, 5.41) is 11.4. The first-order valence-electron chi connectivity index (χ1n) is 4.48. The van der Waals surface area contributed by atoms with Crippen molar-refractivity contribution in [1.29, 1.82) is 5.26 Å². The Morgan fingerprint density at radius 2 is 2.00 bits per heavy atom. The van der Waals surface area contributed by atoms with Crippen LogP contribution >= 0.6 is 0 Å². The van der Waals surface area contributed by atoms with Crippen LogP contribution in [0.15, 0.2) is 0 Å². The zero-order valence-corrected chi connectivity index (χ0v) is 6.71. The van der Waals surface area contributed by atoms with Crippen molar-refractivity contribution in [2.75, 3.05) is 13.1 Å². The minimum atomic E-state index is 0.520. The van der Waals surface area contributed by atoms with Crippen LogP contribution in [0.4, 0.5) is 0 Å². The first-order chi connectivity index (χ1) is 5.40. The first-order valence-corrected chi connectivity index (χ1v) is 4.48. The van der Waals surface area contributed by atoms with Gasteiger partial charge in [0.15, 0.2) is 0 Å². The van der Waals surface area contributed by atoms with Crippen molar-refractivity contribution < 1.29 is 0 Å². The smallest absolute Gasteiger partial charge is 0.0841 e. The van der Waals surface area contributed by atoms with Gasteiger partial charge in [0.05, 0.1) is 12.6 Å². The van der Waals surface area contributed by atoms with Crippen LogP contribution in [0.3, 0.4) is 0 Å². The van der Waals surface area contributed by atoms with E-state index in [2.05, 4.69) is 11.4 Å². The van der Waals surface area contributed by atoms with Gasteiger partial charge in [-0.15, -0.1) is 0 Å². The average Bonchev–Trinajstić information content (AvgIpc) is 2.61. The summed E-state index contributed by atoms with van der Waals surface area (Å²) in [6, 6.07) is 2.10. The molecule has 2 nitrogen and oxygen atoms in total. The quantitative estimate of drug-likeness (QED) is 0.484. The summed E-state index contributed by atoms with van der Waals surface area (Å²) in [5.41, 5.74) is 0. The van der Waals surface area contributed by atoms with Gasteiger partial charge in [-0.25, -0.2) is 0 Å². The SMILES string of the molecule is N#CCNCC1CC2CC2C1. The number of hydrogen-bond donors (Lipinski definition) is 1. The second-order valence-electron chi connectivity index (χ2n) is 3.88. The minimum Gasteiger partial charge on any atom is -0.304 e. The molecule has 2 saturated carbocycles. The Bertz CT molecular complexity index is 172. The van der Waals surface area contributed by atoms with E-state index < -0.39 is 0 Å². The lowest BCUT2D eigenvalue weighted by Gasteiger charge is -2.10. The Balaban J connectivity index is 1.62. The van der Waals surface area contributed by atoms with Crippen molar-refractivity contribution in [2.24, 2.45) is 17.8 Å². The molecule has 0 radical (unpaired) electrons. The third-order valence-corrected chi connectivity index (χ3v) is 2.98. The predicted molar refractivity (Wildman–Crippen MR) is 42.8 cm³/mol. The van der Waals surface area contributed by atoms with Crippen LogP contribution in [0.1, 0.15) is 19.3 Å². The molecular formula is C9H14N2. The fourth-order valence-corrected chi connectivity index (χ4v) is 2.34. The van der Waals surface area contributed by atoms with Crippen LogP contribution in [0.25, 0.3) is 0 Å². The van der Waals surface area contributed by atoms with Crippen LogP contribution in [0.5, 0.6) is 0 Å². The highest BCUT2D eigenvalue weighted by Gasteiger charge is 2.45. The second kappa shape index (κ2) is 2.83. The summed E-state index contributed by atoms with van der Waals surface area (Å²) in [6.07, 6.45) is 4.33. The highest BCUT2D eigenvalue weighted by Crippen LogP contribution is 2.54. The molecule has 0 aliphatic heterocycles. The van der Waals surface area contributed by atoms with Gasteiger partial charge in [-0.05, 0) is 43.6 Å². The zero-order chi connectivity index (χ0) is 7.68. The average molecular weight is 150 g/mol. The summed E-state index contributed by atoms with van der Waals surface area (Å²) in [4.78, 5) is 0. The van der Waals surface area contributed by atoms with Gasteiger partial charge in [-0.1, -0.05) is 0 Å². The zero-order valence-electron chi connectivity index (χ0n) is 6.71. The maximum atomic E-state index is 8.29. The number of nitrogens with zero attached hydrogens (tertiary/aromatic N) is 1. The lowest BCUT2D eigenvalue weighted by atomic mass is 10.0. The molecule has 2 unspecified atom stereocenters. The molecule has 11 heavy (non-hydrogen) atoms. The molecule has 0 bridgehead atoms. The molecule has 0 aromatic carbocycles. The van der Waals surface area contributed by atoms with Gasteiger partial charge in [0.1, 0.15) is 0 Å². The number of nitrogens with one attached hydrogen (secondary N) is 1. The molecule has 0 aromatic rings. The number of fused-ring (bicyclic) bond motifs is 1. The molecule has 2 atom stereocenters. The lowest BCUT2D eigenvalue weighted by Crippen LogP contribution is -2.22. The van der Waals surface area contributed by atoms with E-state index in [1.165, 1.54) is 19.3 Å². The third kappa shape index (κ3) is 1.54. The van der Waals surface area contributed by atoms with Crippen molar-refractivity contribution in [2.45, 2.75) is 19.3 Å². The van der Waals surface area contributed by atoms with E-state index in [0.29, 0.717) is 6.54 Å². The molecule has 2 aliphatic rings. The molecule has 0 spiro atoms. The number of rotatable bonds is 3. The van der Waals surface area contributed by atoms with E-state index >= 15 is 0 Å². The van der Waals surface area contributed by atoms with Gasteiger partial charge in [0.25, 0.3) is 0 Å². The molecule has 2 aliphatic carbocycles. The van der Waals surface area contributed by atoms with E-state index in [4.69, 9.17) is 5.26 Å². The van der Waals surface area contributed by atoms with Crippen molar-refractivity contribution in [3.05, 3.63) is 0 Å². The van der Waals surface area contributed by atoms with Crippen molar-refractivity contribution in [3.63, 3.8) is 0 Å². The fraction of sp³-hybridized carbons (Fsp3) is 0.889. The van der Waals surface area contributed by atoms with E-state index in [1.54, 1.807) is 0 Å². The Morgan fingerprint density at radius 3 is 2.64 bits per heavy atom. The van der Waals surface area contributed by atoms with E-state index in [-0.39, 0.29) is 0 Å². The standard InChI is InChI=1S/C9H14N2/c10-1-2-11-6-7-3-8-5-9(8)4-7/h7-9,11H,2-6H2. The van der Waals surface area contributed by atoms with Gasteiger partial charge in [-0.3, -0.25) is 0 Å². The summed E-state index contributed by atoms with van der Waals surface area (Å²) in [5.74, 6) is 3.03. The van der Waals surface area contributed by atoms with Gasteiger partial charge in [0.2, 0.25) is 0 Å². The Kier molecular flexibility index (Phi) is 1.83. The molecule has 0 amide bonds. The van der Waals surface area contributed by atoms with E-state index in [9.17, 15) is 0 Å². The largest absolute Gasteiger partial charge is 0.304 e. The van der Waals surface area contributed by atoms with Gasteiger partial charge in [0, 0.05) is 0 Å². The highest BCUT2D eigenvalue weighted by atomic mass is 14.9. The molecule has 0 aromatic heterocycles. The third-order valence-electron chi connectivity index (χ3n) is 2.98. The van der Waals surface area contributed by atoms with Crippen LogP contribution < -0.4 is 5.32 Å². The summed E-state index contributed by atoms with van der Waals surface area (Å²) < 4.78 is 0. The molecule has 1 N–H and O–H groups in total. The topological polar surface area (TPSA) is 35.8 Å². The van der Waals surface area contributed by atoms with Crippen LogP contribution in [-0.2, 0) is 0 Å².